The largest absolute Gasteiger partial charge is 0.330 e. The molecule has 0 saturated carbocycles. The topological polar surface area (TPSA) is 65.8 Å². The average molecular weight is 206 g/mol. The van der Waals surface area contributed by atoms with E-state index in [2.05, 4.69) is 4.98 Å². The maximum atomic E-state index is 11.9. The van der Waals surface area contributed by atoms with E-state index in [4.69, 9.17) is 5.73 Å². The normalized spacial score (nSPS) is 13.3. The van der Waals surface area contributed by atoms with Crippen LogP contribution in [0.1, 0.15) is 13.0 Å². The van der Waals surface area contributed by atoms with Crippen LogP contribution in [-0.2, 0) is 7.05 Å². The Morgan fingerprint density at radius 1 is 1.60 bits per heavy atom. The van der Waals surface area contributed by atoms with E-state index in [0.717, 1.165) is 5.52 Å². The molecular weight excluding hydrogens is 192 g/mol. The van der Waals surface area contributed by atoms with Gasteiger partial charge in [0.2, 0.25) is 0 Å². The Balaban J connectivity index is 2.84. The molecule has 1 unspecified atom stereocenters. The fourth-order valence-electron chi connectivity index (χ4n) is 1.69. The highest BCUT2D eigenvalue weighted by Crippen LogP contribution is 2.12. The predicted octanol–water partition coefficient (Wildman–Crippen LogP) is 0.255. The van der Waals surface area contributed by atoms with Crippen LogP contribution in [0.5, 0.6) is 0 Å². The maximum absolute atomic E-state index is 11.9. The van der Waals surface area contributed by atoms with E-state index in [1.807, 2.05) is 19.1 Å². The SMILES string of the molecule is CC(CN)n1c(=O)n(C)c2cccnc21. The first-order valence-corrected chi connectivity index (χ1v) is 4.88. The van der Waals surface area contributed by atoms with Gasteiger partial charge in [0.25, 0.3) is 0 Å². The highest BCUT2D eigenvalue weighted by atomic mass is 16.1. The van der Waals surface area contributed by atoms with Gasteiger partial charge in [-0.2, -0.15) is 0 Å². The van der Waals surface area contributed by atoms with Gasteiger partial charge in [-0.05, 0) is 19.1 Å². The van der Waals surface area contributed by atoms with Crippen molar-refractivity contribution in [3.05, 3.63) is 28.8 Å². The summed E-state index contributed by atoms with van der Waals surface area (Å²) in [4.78, 5) is 16.1. The summed E-state index contributed by atoms with van der Waals surface area (Å²) in [5, 5.41) is 0. The molecule has 2 heterocycles. The summed E-state index contributed by atoms with van der Waals surface area (Å²) in [7, 11) is 1.74. The fraction of sp³-hybridized carbons (Fsp3) is 0.400. The summed E-state index contributed by atoms with van der Waals surface area (Å²) in [5.41, 5.74) is 7.04. The van der Waals surface area contributed by atoms with E-state index in [9.17, 15) is 4.79 Å². The van der Waals surface area contributed by atoms with Gasteiger partial charge in [-0.15, -0.1) is 0 Å². The van der Waals surface area contributed by atoms with Crippen LogP contribution in [0.2, 0.25) is 0 Å². The van der Waals surface area contributed by atoms with Crippen LogP contribution >= 0.6 is 0 Å². The first-order valence-electron chi connectivity index (χ1n) is 4.88. The number of aryl methyl sites for hydroxylation is 1. The molecule has 0 aliphatic rings. The standard InChI is InChI=1S/C10H14N4O/c1-7(6-11)14-9-8(4-3-5-12-9)13(2)10(14)15/h3-5,7H,6,11H2,1-2H3. The smallest absolute Gasteiger partial charge is 0.328 e. The molecule has 5 heteroatoms. The van der Waals surface area contributed by atoms with Crippen LogP contribution in [-0.4, -0.2) is 20.7 Å². The first-order chi connectivity index (χ1) is 7.16. The molecule has 0 spiro atoms. The average Bonchev–Trinajstić information content (AvgIpc) is 2.52. The van der Waals surface area contributed by atoms with Gasteiger partial charge in [-0.3, -0.25) is 9.13 Å². The number of nitrogens with two attached hydrogens (primary N) is 1. The summed E-state index contributed by atoms with van der Waals surface area (Å²) in [6, 6.07) is 3.67. The van der Waals surface area contributed by atoms with Gasteiger partial charge < -0.3 is 5.73 Å². The number of rotatable bonds is 2. The van der Waals surface area contributed by atoms with Crippen LogP contribution in [0.3, 0.4) is 0 Å². The minimum atomic E-state index is -0.0679. The first kappa shape index (κ1) is 9.92. The van der Waals surface area contributed by atoms with Crippen molar-refractivity contribution in [1.82, 2.24) is 14.1 Å². The highest BCUT2D eigenvalue weighted by Gasteiger charge is 2.14. The summed E-state index contributed by atoms with van der Waals surface area (Å²) in [6.07, 6.45) is 1.68. The van der Waals surface area contributed by atoms with Crippen molar-refractivity contribution in [2.75, 3.05) is 6.54 Å². The van der Waals surface area contributed by atoms with Crippen molar-refractivity contribution in [2.45, 2.75) is 13.0 Å². The van der Waals surface area contributed by atoms with E-state index in [-0.39, 0.29) is 11.7 Å². The summed E-state index contributed by atoms with van der Waals surface area (Å²) in [6.45, 7) is 2.34. The molecule has 80 valence electrons. The van der Waals surface area contributed by atoms with Gasteiger partial charge in [0, 0.05) is 25.8 Å². The Kier molecular flexibility index (Phi) is 2.32. The van der Waals surface area contributed by atoms with Crippen LogP contribution < -0.4 is 11.4 Å². The van der Waals surface area contributed by atoms with Crippen molar-refractivity contribution >= 4 is 11.2 Å². The number of nitrogens with zero attached hydrogens (tertiary/aromatic N) is 3. The van der Waals surface area contributed by atoms with Gasteiger partial charge in [0.05, 0.1) is 5.52 Å². The molecule has 0 saturated heterocycles. The van der Waals surface area contributed by atoms with Gasteiger partial charge >= 0.3 is 5.69 Å². The number of hydrogen-bond acceptors (Lipinski definition) is 3. The molecule has 15 heavy (non-hydrogen) atoms. The zero-order chi connectivity index (χ0) is 11.0. The Labute approximate surface area is 87.1 Å². The van der Waals surface area contributed by atoms with Crippen molar-refractivity contribution < 1.29 is 0 Å². The predicted molar refractivity (Wildman–Crippen MR) is 58.7 cm³/mol. The molecule has 1 atom stereocenters. The van der Waals surface area contributed by atoms with Crippen LogP contribution in [0.15, 0.2) is 23.1 Å². The number of pyridine rings is 1. The zero-order valence-corrected chi connectivity index (χ0v) is 8.84. The molecule has 0 radical (unpaired) electrons. The molecule has 2 rings (SSSR count). The zero-order valence-electron chi connectivity index (χ0n) is 8.84. The molecule has 0 bridgehead atoms. The lowest BCUT2D eigenvalue weighted by Gasteiger charge is -2.08. The summed E-state index contributed by atoms with van der Waals surface area (Å²) < 4.78 is 3.23. The van der Waals surface area contributed by atoms with Crippen molar-refractivity contribution in [1.29, 1.82) is 0 Å². The summed E-state index contributed by atoms with van der Waals surface area (Å²) >= 11 is 0. The highest BCUT2D eigenvalue weighted by molar-refractivity contribution is 5.71. The number of aromatic nitrogens is 3. The van der Waals surface area contributed by atoms with E-state index in [1.54, 1.807) is 22.4 Å². The number of fused-ring (bicyclic) bond motifs is 1. The van der Waals surface area contributed by atoms with Gasteiger partial charge in [-0.1, -0.05) is 0 Å². The van der Waals surface area contributed by atoms with E-state index < -0.39 is 0 Å². The van der Waals surface area contributed by atoms with Crippen LogP contribution in [0, 0.1) is 0 Å². The maximum Gasteiger partial charge on any atom is 0.330 e. The molecule has 2 aromatic rings. The molecule has 2 aromatic heterocycles. The second-order valence-corrected chi connectivity index (χ2v) is 3.64. The molecule has 5 nitrogen and oxygen atoms in total. The lowest BCUT2D eigenvalue weighted by Crippen LogP contribution is -2.28. The fourth-order valence-corrected chi connectivity index (χ4v) is 1.69. The molecule has 2 N–H and O–H groups in total. The molecular formula is C10H14N4O. The van der Waals surface area contributed by atoms with E-state index in [0.29, 0.717) is 12.2 Å². The number of hydrogen-bond donors (Lipinski definition) is 1. The van der Waals surface area contributed by atoms with Crippen molar-refractivity contribution in [2.24, 2.45) is 12.8 Å². The van der Waals surface area contributed by atoms with Crippen LogP contribution in [0.25, 0.3) is 11.2 Å². The molecule has 0 aromatic carbocycles. The quantitative estimate of drug-likeness (QED) is 0.766. The lowest BCUT2D eigenvalue weighted by molar-refractivity contribution is 0.543. The minimum Gasteiger partial charge on any atom is -0.328 e. The lowest BCUT2D eigenvalue weighted by atomic mass is 10.3. The molecule has 0 amide bonds. The second kappa shape index (κ2) is 3.51. The molecule has 0 aliphatic carbocycles. The Hall–Kier alpha value is -1.62. The van der Waals surface area contributed by atoms with Gasteiger partial charge in [-0.25, -0.2) is 9.78 Å². The monoisotopic (exact) mass is 206 g/mol. The third-order valence-corrected chi connectivity index (χ3v) is 2.63. The van der Waals surface area contributed by atoms with E-state index in [1.165, 1.54) is 0 Å². The summed E-state index contributed by atoms with van der Waals surface area (Å²) in [5.74, 6) is 0. The Morgan fingerprint density at radius 3 is 3.00 bits per heavy atom. The second-order valence-electron chi connectivity index (χ2n) is 3.64. The molecule has 0 aliphatic heterocycles. The number of imidazole rings is 1. The van der Waals surface area contributed by atoms with Crippen molar-refractivity contribution in [3.63, 3.8) is 0 Å². The van der Waals surface area contributed by atoms with E-state index >= 15 is 0 Å². The molecule has 0 fully saturated rings. The van der Waals surface area contributed by atoms with Crippen LogP contribution in [0.4, 0.5) is 0 Å². The third kappa shape index (κ3) is 1.35. The third-order valence-electron chi connectivity index (χ3n) is 2.63. The van der Waals surface area contributed by atoms with Gasteiger partial charge in [0.1, 0.15) is 0 Å². The minimum absolute atomic E-state index is 0.0314. The Morgan fingerprint density at radius 2 is 2.33 bits per heavy atom. The van der Waals surface area contributed by atoms with Gasteiger partial charge in [0.15, 0.2) is 5.65 Å². The van der Waals surface area contributed by atoms with Crippen molar-refractivity contribution in [3.8, 4) is 0 Å². The Bertz CT molecular complexity index is 540.